The molecule has 1 heterocycles. The van der Waals surface area contributed by atoms with Crippen LogP contribution in [0.3, 0.4) is 0 Å². The van der Waals surface area contributed by atoms with E-state index >= 15 is 0 Å². The highest BCUT2D eigenvalue weighted by molar-refractivity contribution is 5.84. The van der Waals surface area contributed by atoms with Crippen molar-refractivity contribution in [1.29, 1.82) is 5.26 Å². The molecule has 0 radical (unpaired) electrons. The van der Waals surface area contributed by atoms with E-state index in [0.717, 1.165) is 24.6 Å². The molecule has 8 nitrogen and oxygen atoms in total. The van der Waals surface area contributed by atoms with E-state index in [0.29, 0.717) is 24.2 Å². The maximum atomic E-state index is 12.3. The van der Waals surface area contributed by atoms with Gasteiger partial charge >= 0.3 is 11.6 Å². The average Bonchev–Trinajstić information content (AvgIpc) is 2.72. The molecule has 0 aliphatic heterocycles. The molecular weight excluding hydrogens is 376 g/mol. The van der Waals surface area contributed by atoms with Gasteiger partial charge in [-0.3, -0.25) is 4.79 Å². The quantitative estimate of drug-likeness (QED) is 0.586. The topological polar surface area (TPSA) is 119 Å². The van der Waals surface area contributed by atoms with Gasteiger partial charge in [-0.05, 0) is 38.0 Å². The molecule has 3 rings (SSSR count). The Kier molecular flexibility index (Phi) is 6.17. The lowest BCUT2D eigenvalue weighted by Gasteiger charge is -2.32. The number of benzene rings is 1. The summed E-state index contributed by atoms with van der Waals surface area (Å²) in [5.41, 5.74) is -1.03. The summed E-state index contributed by atoms with van der Waals surface area (Å²) in [5, 5.41) is 12.9. The van der Waals surface area contributed by atoms with Crippen LogP contribution in [0.5, 0.6) is 5.75 Å². The van der Waals surface area contributed by atoms with Gasteiger partial charge in [-0.2, -0.15) is 5.26 Å². The number of hydrogen-bond donors (Lipinski definition) is 1. The first-order chi connectivity index (χ1) is 13.9. The third-order valence-corrected chi connectivity index (χ3v) is 4.91. The molecular formula is C21H22N2O6. The van der Waals surface area contributed by atoms with E-state index in [-0.39, 0.29) is 0 Å². The smallest absolute Gasteiger partial charge is 0.344 e. The van der Waals surface area contributed by atoms with Gasteiger partial charge in [0.15, 0.2) is 12.7 Å². The maximum absolute atomic E-state index is 12.3. The van der Waals surface area contributed by atoms with Crippen LogP contribution in [0.2, 0.25) is 0 Å². The monoisotopic (exact) mass is 398 g/mol. The molecule has 1 fully saturated rings. The fraction of sp³-hybridized carbons (Fsp3) is 0.429. The van der Waals surface area contributed by atoms with Crippen molar-refractivity contribution in [2.24, 2.45) is 0 Å². The number of nitriles is 1. The molecule has 29 heavy (non-hydrogen) atoms. The van der Waals surface area contributed by atoms with Crippen LogP contribution in [0, 0.1) is 11.3 Å². The summed E-state index contributed by atoms with van der Waals surface area (Å²) in [7, 11) is 0. The molecule has 2 aromatic rings. The van der Waals surface area contributed by atoms with Crippen molar-refractivity contribution in [3.8, 4) is 11.8 Å². The Labute approximate surface area is 167 Å². The predicted molar refractivity (Wildman–Crippen MR) is 103 cm³/mol. The van der Waals surface area contributed by atoms with Crippen molar-refractivity contribution in [3.63, 3.8) is 0 Å². The van der Waals surface area contributed by atoms with E-state index in [9.17, 15) is 19.6 Å². The fourth-order valence-corrected chi connectivity index (χ4v) is 3.32. The number of carbonyl (C=O) groups excluding carboxylic acids is 2. The molecule has 0 saturated heterocycles. The highest BCUT2D eigenvalue weighted by Gasteiger charge is 2.35. The lowest BCUT2D eigenvalue weighted by Crippen LogP contribution is -2.52. The molecule has 1 amide bonds. The largest absolute Gasteiger partial charge is 0.482 e. The molecule has 152 valence electrons. The minimum absolute atomic E-state index is 0.326. The van der Waals surface area contributed by atoms with Gasteiger partial charge in [0.1, 0.15) is 16.9 Å². The summed E-state index contributed by atoms with van der Waals surface area (Å²) >= 11 is 0. The van der Waals surface area contributed by atoms with E-state index < -0.39 is 35.8 Å². The first-order valence-electron chi connectivity index (χ1n) is 9.50. The van der Waals surface area contributed by atoms with Crippen LogP contribution in [0.1, 0.15) is 39.0 Å². The second-order valence-electron chi connectivity index (χ2n) is 7.12. The predicted octanol–water partition coefficient (Wildman–Crippen LogP) is 2.45. The number of hydrogen-bond acceptors (Lipinski definition) is 7. The first kappa shape index (κ1) is 20.4. The van der Waals surface area contributed by atoms with Gasteiger partial charge in [-0.15, -0.1) is 0 Å². The van der Waals surface area contributed by atoms with Gasteiger partial charge in [-0.25, -0.2) is 9.59 Å². The number of esters is 1. The minimum atomic E-state index is -1.05. The Morgan fingerprint density at radius 1 is 1.24 bits per heavy atom. The third-order valence-electron chi connectivity index (χ3n) is 4.91. The zero-order valence-corrected chi connectivity index (χ0v) is 16.1. The highest BCUT2D eigenvalue weighted by atomic mass is 16.6. The van der Waals surface area contributed by atoms with Crippen LogP contribution in [0.15, 0.2) is 39.5 Å². The number of ether oxygens (including phenoxy) is 2. The van der Waals surface area contributed by atoms with Crippen LogP contribution in [-0.2, 0) is 14.3 Å². The molecule has 1 saturated carbocycles. The SMILES string of the molecule is C[C@@H](OC(=O)COc1ccc2ccc(=O)oc2c1)C(=O)NC1(C#N)CCCCC1. The third kappa shape index (κ3) is 5.13. The summed E-state index contributed by atoms with van der Waals surface area (Å²) in [6.45, 7) is 1.04. The van der Waals surface area contributed by atoms with Crippen molar-refractivity contribution in [3.05, 3.63) is 40.8 Å². The lowest BCUT2D eigenvalue weighted by molar-refractivity contribution is -0.157. The molecule has 0 spiro atoms. The van der Waals surface area contributed by atoms with Crippen LogP contribution in [0.4, 0.5) is 0 Å². The number of rotatable bonds is 6. The zero-order chi connectivity index (χ0) is 20.9. The van der Waals surface area contributed by atoms with Gasteiger partial charge < -0.3 is 19.2 Å². The van der Waals surface area contributed by atoms with E-state index in [1.54, 1.807) is 18.2 Å². The Hall–Kier alpha value is -3.34. The highest BCUT2D eigenvalue weighted by Crippen LogP contribution is 2.27. The van der Waals surface area contributed by atoms with E-state index in [1.807, 2.05) is 0 Å². The molecule has 8 heteroatoms. The number of nitrogens with one attached hydrogen (secondary N) is 1. The van der Waals surface area contributed by atoms with Crippen molar-refractivity contribution >= 4 is 22.8 Å². The number of fused-ring (bicyclic) bond motifs is 1. The molecule has 1 aromatic carbocycles. The van der Waals surface area contributed by atoms with Crippen LogP contribution in [0.25, 0.3) is 11.0 Å². The molecule has 1 N–H and O–H groups in total. The normalized spacial score (nSPS) is 16.4. The molecule has 1 aromatic heterocycles. The van der Waals surface area contributed by atoms with Crippen molar-refractivity contribution in [2.75, 3.05) is 6.61 Å². The first-order valence-corrected chi connectivity index (χ1v) is 9.50. The Morgan fingerprint density at radius 2 is 1.97 bits per heavy atom. The Balaban J connectivity index is 1.52. The molecule has 1 aliphatic rings. The second-order valence-corrected chi connectivity index (χ2v) is 7.12. The number of amides is 1. The van der Waals surface area contributed by atoms with Gasteiger partial charge in [0.2, 0.25) is 0 Å². The minimum Gasteiger partial charge on any atom is -0.482 e. The Bertz CT molecular complexity index is 1000. The lowest BCUT2D eigenvalue weighted by atomic mass is 9.83. The van der Waals surface area contributed by atoms with Crippen LogP contribution < -0.4 is 15.7 Å². The van der Waals surface area contributed by atoms with Crippen LogP contribution in [-0.4, -0.2) is 30.1 Å². The van der Waals surface area contributed by atoms with Crippen molar-refractivity contribution < 1.29 is 23.5 Å². The zero-order valence-electron chi connectivity index (χ0n) is 16.1. The molecule has 0 unspecified atom stereocenters. The number of nitrogens with zero attached hydrogens (tertiary/aromatic N) is 1. The second kappa shape index (κ2) is 8.78. The summed E-state index contributed by atoms with van der Waals surface area (Å²) in [5.74, 6) is -0.905. The summed E-state index contributed by atoms with van der Waals surface area (Å²) in [6.07, 6.45) is 2.93. The summed E-state index contributed by atoms with van der Waals surface area (Å²) < 4.78 is 15.5. The van der Waals surface area contributed by atoms with Crippen molar-refractivity contribution in [1.82, 2.24) is 5.32 Å². The molecule has 1 atom stereocenters. The average molecular weight is 398 g/mol. The maximum Gasteiger partial charge on any atom is 0.344 e. The molecule has 0 bridgehead atoms. The van der Waals surface area contributed by atoms with E-state index in [4.69, 9.17) is 13.9 Å². The van der Waals surface area contributed by atoms with Gasteiger partial charge in [-0.1, -0.05) is 19.3 Å². The Morgan fingerprint density at radius 3 is 2.69 bits per heavy atom. The molecule has 1 aliphatic carbocycles. The number of carbonyl (C=O) groups is 2. The van der Waals surface area contributed by atoms with Crippen molar-refractivity contribution in [2.45, 2.75) is 50.7 Å². The van der Waals surface area contributed by atoms with Gasteiger partial charge in [0, 0.05) is 17.5 Å². The summed E-state index contributed by atoms with van der Waals surface area (Å²) in [4.78, 5) is 35.7. The van der Waals surface area contributed by atoms with Crippen LogP contribution >= 0.6 is 0 Å². The fourth-order valence-electron chi connectivity index (χ4n) is 3.32. The van der Waals surface area contributed by atoms with Gasteiger partial charge in [0.05, 0.1) is 6.07 Å². The van der Waals surface area contributed by atoms with Gasteiger partial charge in [0.25, 0.3) is 5.91 Å². The standard InChI is InChI=1S/C21H22N2O6/c1-14(20(26)23-21(13-22)9-3-2-4-10-21)28-19(25)12-27-16-7-5-15-6-8-18(24)29-17(15)11-16/h5-8,11,14H,2-4,9-10,12H2,1H3,(H,23,26)/t14-/m1/s1. The van der Waals surface area contributed by atoms with E-state index in [1.165, 1.54) is 19.1 Å². The van der Waals surface area contributed by atoms with E-state index in [2.05, 4.69) is 11.4 Å². The summed E-state index contributed by atoms with van der Waals surface area (Å²) in [6, 6.07) is 9.96.